The van der Waals surface area contributed by atoms with Crippen LogP contribution in [0.3, 0.4) is 0 Å². The third-order valence-corrected chi connectivity index (χ3v) is 6.07. The van der Waals surface area contributed by atoms with E-state index in [2.05, 4.69) is 39.8 Å². The van der Waals surface area contributed by atoms with Gasteiger partial charge in [-0.25, -0.2) is 0 Å². The number of rotatable bonds is 7. The van der Waals surface area contributed by atoms with Gasteiger partial charge in [0.2, 0.25) is 11.1 Å². The predicted octanol–water partition coefficient (Wildman–Crippen LogP) is 3.75. The molecule has 0 unspecified atom stereocenters. The lowest BCUT2D eigenvalue weighted by Gasteiger charge is -2.17. The Bertz CT molecular complexity index is 935. The smallest absolute Gasteiger partial charge is 0.233 e. The highest BCUT2D eigenvalue weighted by molar-refractivity contribution is 7.99. The van der Waals surface area contributed by atoms with Gasteiger partial charge in [-0.3, -0.25) is 4.79 Å². The fraction of sp³-hybridized carbons (Fsp3) is 0.300. The van der Waals surface area contributed by atoms with Crippen LogP contribution >= 0.6 is 23.5 Å². The molecule has 28 heavy (non-hydrogen) atoms. The van der Waals surface area contributed by atoms with Crippen LogP contribution in [0.1, 0.15) is 16.7 Å². The number of hydrogen-bond donors (Lipinski definition) is 0. The summed E-state index contributed by atoms with van der Waals surface area (Å²) in [6, 6.07) is 14.3. The molecule has 0 atom stereocenters. The molecule has 1 aromatic heterocycles. The average Bonchev–Trinajstić information content (AvgIpc) is 3.14. The summed E-state index contributed by atoms with van der Waals surface area (Å²) >= 11 is 3.06. The molecule has 0 saturated heterocycles. The molecule has 0 aliphatic carbocycles. The highest BCUT2D eigenvalue weighted by Gasteiger charge is 2.16. The fourth-order valence-corrected chi connectivity index (χ4v) is 4.10. The predicted molar refractivity (Wildman–Crippen MR) is 114 cm³/mol. The van der Waals surface area contributed by atoms with Crippen LogP contribution in [-0.2, 0) is 11.3 Å². The van der Waals surface area contributed by atoms with Gasteiger partial charge in [-0.15, -0.1) is 16.9 Å². The third-order valence-electron chi connectivity index (χ3n) is 4.42. The van der Waals surface area contributed by atoms with E-state index in [1.165, 1.54) is 16.7 Å². The van der Waals surface area contributed by atoms with Crippen LogP contribution in [0.15, 0.2) is 52.5 Å². The number of para-hydroxylation sites is 1. The van der Waals surface area contributed by atoms with Crippen molar-refractivity contribution in [1.29, 1.82) is 0 Å². The largest absolute Gasteiger partial charge is 0.341 e. The van der Waals surface area contributed by atoms with Crippen molar-refractivity contribution in [2.75, 3.05) is 19.1 Å². The standard InChI is InChI=1S/C20H23N5OS2/c1-14-6-5-7-15(2)19(14)25-20(21-22-23-25)28-13-18(26)24(3)12-16-8-10-17(27-4)11-9-16/h5-11H,12-13H2,1-4H3. The van der Waals surface area contributed by atoms with Gasteiger partial charge in [0.1, 0.15) is 0 Å². The van der Waals surface area contributed by atoms with E-state index in [0.717, 1.165) is 22.4 Å². The Hall–Kier alpha value is -2.32. The van der Waals surface area contributed by atoms with Gasteiger partial charge in [-0.1, -0.05) is 42.1 Å². The summed E-state index contributed by atoms with van der Waals surface area (Å²) in [6.45, 7) is 4.63. The van der Waals surface area contributed by atoms with Crippen LogP contribution < -0.4 is 0 Å². The first-order chi connectivity index (χ1) is 13.5. The highest BCUT2D eigenvalue weighted by atomic mass is 32.2. The zero-order chi connectivity index (χ0) is 20.1. The molecule has 8 heteroatoms. The van der Waals surface area contributed by atoms with Crippen molar-refractivity contribution in [3.05, 3.63) is 59.2 Å². The van der Waals surface area contributed by atoms with Crippen molar-refractivity contribution < 1.29 is 4.79 Å². The van der Waals surface area contributed by atoms with Crippen LogP contribution in [0, 0.1) is 13.8 Å². The summed E-state index contributed by atoms with van der Waals surface area (Å²) < 4.78 is 1.71. The Morgan fingerprint density at radius 1 is 1.11 bits per heavy atom. The second-order valence-electron chi connectivity index (χ2n) is 6.50. The van der Waals surface area contributed by atoms with Crippen LogP contribution in [0.4, 0.5) is 0 Å². The molecule has 0 N–H and O–H groups in total. The zero-order valence-corrected chi connectivity index (χ0v) is 18.0. The van der Waals surface area contributed by atoms with Crippen molar-refractivity contribution in [1.82, 2.24) is 25.1 Å². The first-order valence-electron chi connectivity index (χ1n) is 8.84. The summed E-state index contributed by atoms with van der Waals surface area (Å²) in [6.07, 6.45) is 2.05. The molecule has 0 spiro atoms. The molecule has 2 aromatic carbocycles. The quantitative estimate of drug-likeness (QED) is 0.550. The van der Waals surface area contributed by atoms with E-state index in [1.807, 2.05) is 45.4 Å². The van der Waals surface area contributed by atoms with Crippen LogP contribution in [0.2, 0.25) is 0 Å². The van der Waals surface area contributed by atoms with Crippen molar-refractivity contribution in [3.63, 3.8) is 0 Å². The molecule has 0 radical (unpaired) electrons. The maximum Gasteiger partial charge on any atom is 0.233 e. The van der Waals surface area contributed by atoms with Crippen LogP contribution in [0.5, 0.6) is 0 Å². The van der Waals surface area contributed by atoms with Crippen LogP contribution in [-0.4, -0.2) is 50.1 Å². The number of hydrogen-bond acceptors (Lipinski definition) is 6. The fourth-order valence-electron chi connectivity index (χ4n) is 2.88. The van der Waals surface area contributed by atoms with Crippen molar-refractivity contribution >= 4 is 29.4 Å². The van der Waals surface area contributed by atoms with E-state index in [9.17, 15) is 4.79 Å². The summed E-state index contributed by atoms with van der Waals surface area (Å²) in [5.74, 6) is 0.319. The minimum atomic E-state index is 0.0370. The average molecular weight is 414 g/mol. The van der Waals surface area contributed by atoms with E-state index < -0.39 is 0 Å². The monoisotopic (exact) mass is 413 g/mol. The van der Waals surface area contributed by atoms with Gasteiger partial charge in [-0.2, -0.15) is 4.68 Å². The van der Waals surface area contributed by atoms with Crippen molar-refractivity contribution in [3.8, 4) is 5.69 Å². The summed E-state index contributed by atoms with van der Waals surface area (Å²) in [4.78, 5) is 15.5. The van der Waals surface area contributed by atoms with E-state index in [1.54, 1.807) is 21.3 Å². The summed E-state index contributed by atoms with van der Waals surface area (Å²) in [5.41, 5.74) is 4.25. The molecule has 1 heterocycles. The Kier molecular flexibility index (Phi) is 6.74. The second-order valence-corrected chi connectivity index (χ2v) is 8.32. The minimum absolute atomic E-state index is 0.0370. The van der Waals surface area contributed by atoms with Gasteiger partial charge in [0.15, 0.2) is 0 Å². The molecular formula is C20H23N5OS2. The lowest BCUT2D eigenvalue weighted by Crippen LogP contribution is -2.27. The van der Waals surface area contributed by atoms with Gasteiger partial charge in [0.05, 0.1) is 11.4 Å². The number of nitrogens with zero attached hydrogens (tertiary/aromatic N) is 5. The molecule has 1 amide bonds. The molecule has 146 valence electrons. The number of thioether (sulfide) groups is 2. The molecular weight excluding hydrogens is 390 g/mol. The number of aromatic nitrogens is 4. The summed E-state index contributed by atoms with van der Waals surface area (Å²) in [7, 11) is 1.82. The third kappa shape index (κ3) is 4.74. The van der Waals surface area contributed by atoms with Gasteiger partial charge in [0, 0.05) is 18.5 Å². The van der Waals surface area contributed by atoms with Crippen LogP contribution in [0.25, 0.3) is 5.69 Å². The van der Waals surface area contributed by atoms with E-state index in [0.29, 0.717) is 11.7 Å². The number of aryl methyl sites for hydroxylation is 2. The highest BCUT2D eigenvalue weighted by Crippen LogP contribution is 2.23. The minimum Gasteiger partial charge on any atom is -0.341 e. The lowest BCUT2D eigenvalue weighted by molar-refractivity contribution is -0.127. The lowest BCUT2D eigenvalue weighted by atomic mass is 10.1. The van der Waals surface area contributed by atoms with Gasteiger partial charge >= 0.3 is 0 Å². The molecule has 0 aliphatic heterocycles. The van der Waals surface area contributed by atoms with Crippen molar-refractivity contribution in [2.24, 2.45) is 0 Å². The molecule has 3 aromatic rings. The SMILES string of the molecule is CSc1ccc(CN(C)C(=O)CSc2nnnn2-c2c(C)cccc2C)cc1. The topological polar surface area (TPSA) is 63.9 Å². The van der Waals surface area contributed by atoms with E-state index in [4.69, 9.17) is 0 Å². The molecule has 0 aliphatic rings. The van der Waals surface area contributed by atoms with Gasteiger partial charge in [-0.05, 0) is 59.4 Å². The molecule has 6 nitrogen and oxygen atoms in total. The Labute approximate surface area is 173 Å². The van der Waals surface area contributed by atoms with Gasteiger partial charge < -0.3 is 4.90 Å². The molecule has 0 fully saturated rings. The van der Waals surface area contributed by atoms with Crippen molar-refractivity contribution in [2.45, 2.75) is 30.4 Å². The Morgan fingerprint density at radius 2 is 1.79 bits per heavy atom. The van der Waals surface area contributed by atoms with E-state index in [-0.39, 0.29) is 11.7 Å². The molecule has 0 bridgehead atoms. The van der Waals surface area contributed by atoms with E-state index >= 15 is 0 Å². The Morgan fingerprint density at radius 3 is 2.43 bits per heavy atom. The number of tetrazole rings is 1. The first-order valence-corrected chi connectivity index (χ1v) is 11.0. The number of carbonyl (C=O) groups excluding carboxylic acids is 1. The molecule has 0 saturated carbocycles. The second kappa shape index (κ2) is 9.25. The maximum atomic E-state index is 12.6. The number of amides is 1. The first kappa shape index (κ1) is 20.4. The molecule has 3 rings (SSSR count). The number of benzene rings is 2. The normalized spacial score (nSPS) is 10.9. The zero-order valence-electron chi connectivity index (χ0n) is 16.4. The van der Waals surface area contributed by atoms with Gasteiger partial charge in [0.25, 0.3) is 0 Å². The Balaban J connectivity index is 1.64. The summed E-state index contributed by atoms with van der Waals surface area (Å²) in [5, 5.41) is 12.6. The number of carbonyl (C=O) groups is 1. The maximum absolute atomic E-state index is 12.6.